The molecule has 3 heterocycles. The number of H-pyrrole nitrogens is 1. The number of rotatable bonds is 2. The van der Waals surface area contributed by atoms with Crippen LogP contribution in [0.1, 0.15) is 34.2 Å². The Kier molecular flexibility index (Phi) is 3.22. The van der Waals surface area contributed by atoms with Crippen LogP contribution >= 0.6 is 11.3 Å². The number of amides is 1. The number of nitrogens with one attached hydrogen (secondary N) is 1. The Morgan fingerprint density at radius 3 is 3.00 bits per heavy atom. The summed E-state index contributed by atoms with van der Waals surface area (Å²) in [7, 11) is 0. The normalized spacial score (nSPS) is 18.2. The topological polar surface area (TPSA) is 36.1 Å². The third kappa shape index (κ3) is 2.13. The number of fused-ring (bicyclic) bond motifs is 1. The van der Waals surface area contributed by atoms with Crippen LogP contribution in [0.25, 0.3) is 10.9 Å². The third-order valence-electron chi connectivity index (χ3n) is 4.23. The molecule has 1 amide bonds. The van der Waals surface area contributed by atoms with Gasteiger partial charge in [0.15, 0.2) is 0 Å². The van der Waals surface area contributed by atoms with E-state index < -0.39 is 0 Å². The fraction of sp³-hybridized carbons (Fsp3) is 0.235. The lowest BCUT2D eigenvalue weighted by molar-refractivity contribution is 0.0733. The zero-order valence-corrected chi connectivity index (χ0v) is 12.7. The number of carbonyl (C=O) groups excluding carboxylic acids is 1. The van der Waals surface area contributed by atoms with Crippen molar-refractivity contribution in [1.29, 1.82) is 0 Å². The van der Waals surface area contributed by atoms with Gasteiger partial charge in [-0.2, -0.15) is 0 Å². The smallest absolute Gasteiger partial charge is 0.270 e. The second-order valence-electron chi connectivity index (χ2n) is 5.56. The van der Waals surface area contributed by atoms with Crippen LogP contribution in [0.3, 0.4) is 0 Å². The van der Waals surface area contributed by atoms with Gasteiger partial charge in [-0.25, -0.2) is 4.39 Å². The summed E-state index contributed by atoms with van der Waals surface area (Å²) in [4.78, 5) is 19.0. The molecule has 2 aromatic heterocycles. The van der Waals surface area contributed by atoms with Crippen LogP contribution in [0.5, 0.6) is 0 Å². The fourth-order valence-electron chi connectivity index (χ4n) is 3.17. The van der Waals surface area contributed by atoms with Crippen molar-refractivity contribution in [1.82, 2.24) is 9.88 Å². The molecule has 0 spiro atoms. The molecule has 1 unspecified atom stereocenters. The summed E-state index contributed by atoms with van der Waals surface area (Å²) < 4.78 is 13.8. The maximum Gasteiger partial charge on any atom is 0.270 e. The van der Waals surface area contributed by atoms with E-state index >= 15 is 0 Å². The third-order valence-corrected chi connectivity index (χ3v) is 5.20. The van der Waals surface area contributed by atoms with Crippen molar-refractivity contribution < 1.29 is 9.18 Å². The summed E-state index contributed by atoms with van der Waals surface area (Å²) in [5, 5.41) is 2.51. The molecular formula is C17H15FN2OS. The molecule has 1 fully saturated rings. The Labute approximate surface area is 131 Å². The molecule has 1 atom stereocenters. The van der Waals surface area contributed by atoms with Crippen molar-refractivity contribution in [3.05, 3.63) is 58.2 Å². The van der Waals surface area contributed by atoms with E-state index in [1.165, 1.54) is 10.9 Å². The molecule has 1 aromatic carbocycles. The molecule has 1 aliphatic rings. The summed E-state index contributed by atoms with van der Waals surface area (Å²) in [5.41, 5.74) is 1.12. The van der Waals surface area contributed by atoms with Gasteiger partial charge >= 0.3 is 0 Å². The Balaban J connectivity index is 1.69. The zero-order chi connectivity index (χ0) is 15.1. The van der Waals surface area contributed by atoms with Crippen molar-refractivity contribution in [3.8, 4) is 0 Å². The molecule has 1 aliphatic heterocycles. The van der Waals surface area contributed by atoms with E-state index in [1.807, 2.05) is 16.3 Å². The van der Waals surface area contributed by atoms with Crippen LogP contribution in [-0.2, 0) is 0 Å². The Morgan fingerprint density at radius 1 is 1.32 bits per heavy atom. The van der Waals surface area contributed by atoms with Gasteiger partial charge in [0.2, 0.25) is 0 Å². The fourth-order valence-corrected chi connectivity index (χ4v) is 4.05. The summed E-state index contributed by atoms with van der Waals surface area (Å²) in [6.45, 7) is 0.749. The number of thiophene rings is 1. The number of hydrogen-bond donors (Lipinski definition) is 1. The van der Waals surface area contributed by atoms with Gasteiger partial charge in [-0.3, -0.25) is 4.79 Å². The molecular weight excluding hydrogens is 299 g/mol. The molecule has 4 rings (SSSR count). The zero-order valence-electron chi connectivity index (χ0n) is 11.9. The number of halogens is 1. The minimum atomic E-state index is -0.302. The minimum Gasteiger partial charge on any atom is -0.350 e. The minimum absolute atomic E-state index is 0.0495. The highest BCUT2D eigenvalue weighted by Gasteiger charge is 2.31. The summed E-state index contributed by atoms with van der Waals surface area (Å²) in [6.07, 6.45) is 1.99. The van der Waals surface area contributed by atoms with E-state index in [-0.39, 0.29) is 17.8 Å². The van der Waals surface area contributed by atoms with E-state index in [4.69, 9.17) is 0 Å². The first-order valence-electron chi connectivity index (χ1n) is 7.35. The Morgan fingerprint density at radius 2 is 2.23 bits per heavy atom. The second kappa shape index (κ2) is 5.25. The van der Waals surface area contributed by atoms with Gasteiger partial charge in [-0.15, -0.1) is 11.3 Å². The molecule has 3 nitrogen and oxygen atoms in total. The maximum atomic E-state index is 13.8. The van der Waals surface area contributed by atoms with Gasteiger partial charge in [-0.05, 0) is 42.5 Å². The maximum absolute atomic E-state index is 13.8. The molecule has 22 heavy (non-hydrogen) atoms. The van der Waals surface area contributed by atoms with Gasteiger partial charge < -0.3 is 9.88 Å². The summed E-state index contributed by atoms with van der Waals surface area (Å²) in [6, 6.07) is 10.7. The average molecular weight is 314 g/mol. The highest BCUT2D eigenvalue weighted by atomic mass is 32.1. The molecule has 5 heteroatoms. The van der Waals surface area contributed by atoms with Crippen molar-refractivity contribution in [3.63, 3.8) is 0 Å². The van der Waals surface area contributed by atoms with Gasteiger partial charge in [0.25, 0.3) is 5.91 Å². The SMILES string of the molecule is O=C(c1cc2c(F)cccc2[nH]1)N1CCCC1c1cccs1. The lowest BCUT2D eigenvalue weighted by Crippen LogP contribution is -2.30. The van der Waals surface area contributed by atoms with Gasteiger partial charge in [0.05, 0.1) is 6.04 Å². The number of benzene rings is 1. The lowest BCUT2D eigenvalue weighted by atomic mass is 10.2. The van der Waals surface area contributed by atoms with Crippen LogP contribution in [0.2, 0.25) is 0 Å². The number of aromatic nitrogens is 1. The van der Waals surface area contributed by atoms with E-state index in [1.54, 1.807) is 29.5 Å². The van der Waals surface area contributed by atoms with Crippen molar-refractivity contribution in [2.24, 2.45) is 0 Å². The molecule has 1 N–H and O–H groups in total. The first-order chi connectivity index (χ1) is 10.7. The predicted molar refractivity (Wildman–Crippen MR) is 85.6 cm³/mol. The highest BCUT2D eigenvalue weighted by molar-refractivity contribution is 7.10. The van der Waals surface area contributed by atoms with E-state index in [2.05, 4.69) is 11.1 Å². The quantitative estimate of drug-likeness (QED) is 0.750. The van der Waals surface area contributed by atoms with Crippen LogP contribution in [0, 0.1) is 5.82 Å². The lowest BCUT2D eigenvalue weighted by Gasteiger charge is -2.23. The largest absolute Gasteiger partial charge is 0.350 e. The molecule has 3 aromatic rings. The van der Waals surface area contributed by atoms with Crippen LogP contribution in [0.15, 0.2) is 41.8 Å². The highest BCUT2D eigenvalue weighted by Crippen LogP contribution is 2.35. The molecule has 112 valence electrons. The van der Waals surface area contributed by atoms with Crippen LogP contribution in [0.4, 0.5) is 4.39 Å². The van der Waals surface area contributed by atoms with E-state index in [9.17, 15) is 9.18 Å². The number of hydrogen-bond acceptors (Lipinski definition) is 2. The van der Waals surface area contributed by atoms with Gasteiger partial charge in [-0.1, -0.05) is 12.1 Å². The number of carbonyl (C=O) groups is 1. The number of nitrogens with zero attached hydrogens (tertiary/aromatic N) is 1. The predicted octanol–water partition coefficient (Wildman–Crippen LogP) is 4.35. The molecule has 0 saturated carbocycles. The molecule has 0 aliphatic carbocycles. The summed E-state index contributed by atoms with van der Waals surface area (Å²) >= 11 is 1.68. The second-order valence-corrected chi connectivity index (χ2v) is 6.54. The first kappa shape index (κ1) is 13.5. The standard InChI is InChI=1S/C17H15FN2OS/c18-12-4-1-5-13-11(12)10-14(19-13)17(21)20-8-2-6-15(20)16-7-3-9-22-16/h1,3-5,7,9-10,15,19H,2,6,8H2. The van der Waals surface area contributed by atoms with Crippen molar-refractivity contribution >= 4 is 28.1 Å². The number of likely N-dealkylation sites (tertiary alicyclic amines) is 1. The molecule has 0 radical (unpaired) electrons. The molecule has 0 bridgehead atoms. The Hall–Kier alpha value is -2.14. The average Bonchev–Trinajstić information content (AvgIpc) is 3.25. The monoisotopic (exact) mass is 314 g/mol. The summed E-state index contributed by atoms with van der Waals surface area (Å²) in [5.74, 6) is -0.351. The van der Waals surface area contributed by atoms with Crippen molar-refractivity contribution in [2.75, 3.05) is 6.54 Å². The van der Waals surface area contributed by atoms with Crippen LogP contribution < -0.4 is 0 Å². The van der Waals surface area contributed by atoms with E-state index in [0.29, 0.717) is 16.6 Å². The van der Waals surface area contributed by atoms with Crippen molar-refractivity contribution in [2.45, 2.75) is 18.9 Å². The first-order valence-corrected chi connectivity index (χ1v) is 8.23. The van der Waals surface area contributed by atoms with Gasteiger partial charge in [0, 0.05) is 22.3 Å². The van der Waals surface area contributed by atoms with E-state index in [0.717, 1.165) is 19.4 Å². The number of aromatic amines is 1. The Bertz CT molecular complexity index is 824. The van der Waals surface area contributed by atoms with Gasteiger partial charge in [0.1, 0.15) is 11.5 Å². The van der Waals surface area contributed by atoms with Crippen LogP contribution in [-0.4, -0.2) is 22.3 Å². The molecule has 1 saturated heterocycles.